The van der Waals surface area contributed by atoms with Gasteiger partial charge in [-0.15, -0.1) is 0 Å². The van der Waals surface area contributed by atoms with Gasteiger partial charge in [0.1, 0.15) is 11.5 Å². The Morgan fingerprint density at radius 3 is 2.85 bits per heavy atom. The number of hydrogen-bond acceptors (Lipinski definition) is 3. The Balaban J connectivity index is 1.84. The number of carbonyl (C=O) groups is 1. The summed E-state index contributed by atoms with van der Waals surface area (Å²) in [5, 5.41) is 0. The van der Waals surface area contributed by atoms with Gasteiger partial charge in [0.05, 0.1) is 12.2 Å². The lowest BCUT2D eigenvalue weighted by Crippen LogP contribution is -2.10. The molecule has 2 aromatic carbocycles. The van der Waals surface area contributed by atoms with E-state index in [0.29, 0.717) is 23.8 Å². The van der Waals surface area contributed by atoms with E-state index in [9.17, 15) is 4.79 Å². The number of esters is 1. The molecule has 0 spiro atoms. The Labute approximate surface area is 118 Å². The van der Waals surface area contributed by atoms with Gasteiger partial charge < -0.3 is 9.47 Å². The third-order valence-electron chi connectivity index (χ3n) is 3.58. The minimum atomic E-state index is -0.324. The molecular weight excluding hydrogens is 252 g/mol. The first kappa shape index (κ1) is 12.7. The molecule has 0 aromatic heterocycles. The largest absolute Gasteiger partial charge is 0.493 e. The van der Waals surface area contributed by atoms with Crippen molar-refractivity contribution in [2.45, 2.75) is 19.8 Å². The predicted molar refractivity (Wildman–Crippen MR) is 76.5 cm³/mol. The van der Waals surface area contributed by atoms with Gasteiger partial charge in [-0.2, -0.15) is 0 Å². The zero-order valence-electron chi connectivity index (χ0n) is 11.6. The Morgan fingerprint density at radius 1 is 1.25 bits per heavy atom. The van der Waals surface area contributed by atoms with Gasteiger partial charge in [0, 0.05) is 11.5 Å². The fraction of sp³-hybridized carbons (Fsp3) is 0.235. The van der Waals surface area contributed by atoms with Crippen molar-refractivity contribution in [2.75, 3.05) is 6.61 Å². The standard InChI is InChI=1S/C17H16O3/c1-11-5-3-4-6-14(11)17(18)20-13-7-8-16-15(9-13)12(2)10-19-16/h3-9,12H,10H2,1-2H3. The van der Waals surface area contributed by atoms with Crippen LogP contribution >= 0.6 is 0 Å². The van der Waals surface area contributed by atoms with Crippen molar-refractivity contribution in [3.63, 3.8) is 0 Å². The van der Waals surface area contributed by atoms with Gasteiger partial charge in [0.25, 0.3) is 0 Å². The first-order valence-electron chi connectivity index (χ1n) is 6.69. The molecule has 3 rings (SSSR count). The molecule has 0 saturated heterocycles. The topological polar surface area (TPSA) is 35.5 Å². The number of aryl methyl sites for hydroxylation is 1. The Hall–Kier alpha value is -2.29. The minimum absolute atomic E-state index is 0.324. The third kappa shape index (κ3) is 2.27. The maximum absolute atomic E-state index is 12.2. The van der Waals surface area contributed by atoms with Crippen LogP contribution in [0.1, 0.15) is 34.3 Å². The lowest BCUT2D eigenvalue weighted by Gasteiger charge is -2.08. The molecular formula is C17H16O3. The lowest BCUT2D eigenvalue weighted by atomic mass is 10.0. The van der Waals surface area contributed by atoms with Crippen LogP contribution in [-0.4, -0.2) is 12.6 Å². The lowest BCUT2D eigenvalue weighted by molar-refractivity contribution is 0.0734. The molecule has 3 heteroatoms. The maximum atomic E-state index is 12.2. The molecule has 1 unspecified atom stereocenters. The Kier molecular flexibility index (Phi) is 3.18. The van der Waals surface area contributed by atoms with E-state index in [1.165, 1.54) is 0 Å². The molecule has 1 aliphatic rings. The number of carbonyl (C=O) groups excluding carboxylic acids is 1. The van der Waals surface area contributed by atoms with Crippen LogP contribution in [0, 0.1) is 6.92 Å². The number of ether oxygens (including phenoxy) is 2. The molecule has 0 amide bonds. The fourth-order valence-electron chi connectivity index (χ4n) is 2.38. The van der Waals surface area contributed by atoms with E-state index >= 15 is 0 Å². The maximum Gasteiger partial charge on any atom is 0.343 e. The average Bonchev–Trinajstić information content (AvgIpc) is 2.81. The van der Waals surface area contributed by atoms with Crippen LogP contribution in [0.25, 0.3) is 0 Å². The van der Waals surface area contributed by atoms with E-state index in [1.54, 1.807) is 12.1 Å². The van der Waals surface area contributed by atoms with Gasteiger partial charge in [-0.25, -0.2) is 4.79 Å². The average molecular weight is 268 g/mol. The zero-order valence-corrected chi connectivity index (χ0v) is 11.6. The first-order chi connectivity index (χ1) is 9.65. The van der Waals surface area contributed by atoms with E-state index in [0.717, 1.165) is 16.9 Å². The van der Waals surface area contributed by atoms with Crippen molar-refractivity contribution < 1.29 is 14.3 Å². The normalized spacial score (nSPS) is 16.4. The molecule has 0 aliphatic carbocycles. The SMILES string of the molecule is Cc1ccccc1C(=O)Oc1ccc2c(c1)C(C)CO2. The van der Waals surface area contributed by atoms with Crippen LogP contribution < -0.4 is 9.47 Å². The van der Waals surface area contributed by atoms with E-state index in [-0.39, 0.29) is 5.97 Å². The number of fused-ring (bicyclic) bond motifs is 1. The Morgan fingerprint density at radius 2 is 2.05 bits per heavy atom. The highest BCUT2D eigenvalue weighted by Crippen LogP contribution is 2.36. The summed E-state index contributed by atoms with van der Waals surface area (Å²) in [6.45, 7) is 4.68. The van der Waals surface area contributed by atoms with E-state index in [1.807, 2.05) is 37.3 Å². The van der Waals surface area contributed by atoms with E-state index in [2.05, 4.69) is 6.92 Å². The van der Waals surface area contributed by atoms with Gasteiger partial charge in [0.2, 0.25) is 0 Å². The molecule has 0 fully saturated rings. The molecule has 20 heavy (non-hydrogen) atoms. The van der Waals surface area contributed by atoms with Gasteiger partial charge in [-0.3, -0.25) is 0 Å². The van der Waals surface area contributed by atoms with Crippen LogP contribution in [-0.2, 0) is 0 Å². The molecule has 1 atom stereocenters. The van der Waals surface area contributed by atoms with E-state index in [4.69, 9.17) is 9.47 Å². The number of benzene rings is 2. The highest BCUT2D eigenvalue weighted by atomic mass is 16.5. The highest BCUT2D eigenvalue weighted by Gasteiger charge is 2.21. The molecule has 102 valence electrons. The van der Waals surface area contributed by atoms with Crippen molar-refractivity contribution in [3.05, 3.63) is 59.2 Å². The Bertz CT molecular complexity index is 661. The summed E-state index contributed by atoms with van der Waals surface area (Å²) >= 11 is 0. The molecule has 0 radical (unpaired) electrons. The molecule has 3 nitrogen and oxygen atoms in total. The summed E-state index contributed by atoms with van der Waals surface area (Å²) < 4.78 is 11.0. The van der Waals surface area contributed by atoms with Crippen LogP contribution in [0.3, 0.4) is 0 Å². The quantitative estimate of drug-likeness (QED) is 0.615. The highest BCUT2D eigenvalue weighted by molar-refractivity contribution is 5.92. The summed E-state index contributed by atoms with van der Waals surface area (Å²) in [4.78, 5) is 12.2. The van der Waals surface area contributed by atoms with Crippen LogP contribution in [0.2, 0.25) is 0 Å². The van der Waals surface area contributed by atoms with Crippen molar-refractivity contribution in [1.82, 2.24) is 0 Å². The number of hydrogen-bond donors (Lipinski definition) is 0. The smallest absolute Gasteiger partial charge is 0.343 e. The predicted octanol–water partition coefficient (Wildman–Crippen LogP) is 3.71. The summed E-state index contributed by atoms with van der Waals surface area (Å²) in [7, 11) is 0. The molecule has 2 aromatic rings. The molecule has 0 bridgehead atoms. The second-order valence-electron chi connectivity index (χ2n) is 5.12. The van der Waals surface area contributed by atoms with Crippen molar-refractivity contribution in [3.8, 4) is 11.5 Å². The molecule has 0 saturated carbocycles. The fourth-order valence-corrected chi connectivity index (χ4v) is 2.38. The van der Waals surface area contributed by atoms with Crippen LogP contribution in [0.15, 0.2) is 42.5 Å². The van der Waals surface area contributed by atoms with Gasteiger partial charge in [-0.05, 0) is 36.8 Å². The van der Waals surface area contributed by atoms with Gasteiger partial charge in [0.15, 0.2) is 0 Å². The van der Waals surface area contributed by atoms with Gasteiger partial charge in [-0.1, -0.05) is 25.1 Å². The number of rotatable bonds is 2. The van der Waals surface area contributed by atoms with Crippen molar-refractivity contribution in [2.24, 2.45) is 0 Å². The molecule has 0 N–H and O–H groups in total. The summed E-state index contributed by atoms with van der Waals surface area (Å²) in [6, 6.07) is 12.9. The second-order valence-corrected chi connectivity index (χ2v) is 5.12. The van der Waals surface area contributed by atoms with E-state index < -0.39 is 0 Å². The summed E-state index contributed by atoms with van der Waals surface area (Å²) in [5.74, 6) is 1.46. The first-order valence-corrected chi connectivity index (χ1v) is 6.69. The monoisotopic (exact) mass is 268 g/mol. The second kappa shape index (κ2) is 5.00. The van der Waals surface area contributed by atoms with Crippen molar-refractivity contribution in [1.29, 1.82) is 0 Å². The minimum Gasteiger partial charge on any atom is -0.493 e. The van der Waals surface area contributed by atoms with Crippen molar-refractivity contribution >= 4 is 5.97 Å². The van der Waals surface area contributed by atoms with Gasteiger partial charge >= 0.3 is 5.97 Å². The molecule has 1 aliphatic heterocycles. The summed E-state index contributed by atoms with van der Waals surface area (Å²) in [6.07, 6.45) is 0. The van der Waals surface area contributed by atoms with Crippen LogP contribution in [0.4, 0.5) is 0 Å². The molecule has 1 heterocycles. The zero-order chi connectivity index (χ0) is 14.1. The third-order valence-corrected chi connectivity index (χ3v) is 3.58. The van der Waals surface area contributed by atoms with Crippen LogP contribution in [0.5, 0.6) is 11.5 Å². The summed E-state index contributed by atoms with van der Waals surface area (Å²) in [5.41, 5.74) is 2.60.